The van der Waals surface area contributed by atoms with Crippen LogP contribution in [0.15, 0.2) is 60.9 Å². The Morgan fingerprint density at radius 2 is 1.47 bits per heavy atom. The highest BCUT2D eigenvalue weighted by Gasteiger charge is 2.30. The zero-order chi connectivity index (χ0) is 24.6. The van der Waals surface area contributed by atoms with Crippen molar-refractivity contribution in [1.82, 2.24) is 15.2 Å². The van der Waals surface area contributed by atoms with Crippen LogP contribution in [0.5, 0.6) is 0 Å². The number of carbonyl (C=O) groups excluding carboxylic acids is 3. The van der Waals surface area contributed by atoms with Crippen LogP contribution in [0, 0.1) is 11.8 Å². The monoisotopic (exact) mass is 480 g/mol. The minimum atomic E-state index is -0.393. The summed E-state index contributed by atoms with van der Waals surface area (Å²) in [5, 5.41) is 16.5. The molecule has 2 aliphatic carbocycles. The molecule has 0 radical (unpaired) electrons. The number of carbonyl (C=O) groups is 3. The summed E-state index contributed by atoms with van der Waals surface area (Å²) in [6.07, 6.45) is 6.99. The van der Waals surface area contributed by atoms with Crippen LogP contribution in [-0.2, 0) is 9.59 Å². The summed E-state index contributed by atoms with van der Waals surface area (Å²) in [5.74, 6) is -0.251. The Morgan fingerprint density at radius 1 is 0.778 bits per heavy atom. The van der Waals surface area contributed by atoms with Gasteiger partial charge in [0.25, 0.3) is 5.91 Å². The van der Waals surface area contributed by atoms with E-state index in [1.54, 1.807) is 30.6 Å². The second-order valence-corrected chi connectivity index (χ2v) is 9.32. The molecule has 2 heterocycles. The highest BCUT2D eigenvalue weighted by atomic mass is 16.2. The lowest BCUT2D eigenvalue weighted by Gasteiger charge is -2.11. The van der Waals surface area contributed by atoms with Crippen molar-refractivity contribution in [1.29, 1.82) is 0 Å². The van der Waals surface area contributed by atoms with Crippen molar-refractivity contribution < 1.29 is 14.4 Å². The molecule has 2 aromatic heterocycles. The molecule has 36 heavy (non-hydrogen) atoms. The summed E-state index contributed by atoms with van der Waals surface area (Å²) in [6, 6.07) is 14.6. The van der Waals surface area contributed by atoms with Crippen LogP contribution in [0.4, 0.5) is 17.1 Å². The molecule has 180 valence electrons. The van der Waals surface area contributed by atoms with Crippen LogP contribution >= 0.6 is 0 Å². The Balaban J connectivity index is 1.25. The van der Waals surface area contributed by atoms with Gasteiger partial charge in [-0.05, 0) is 61.6 Å². The van der Waals surface area contributed by atoms with Gasteiger partial charge in [-0.3, -0.25) is 24.5 Å². The van der Waals surface area contributed by atoms with Crippen molar-refractivity contribution in [3.63, 3.8) is 0 Å². The van der Waals surface area contributed by atoms with E-state index in [0.717, 1.165) is 36.8 Å². The van der Waals surface area contributed by atoms with Gasteiger partial charge in [0.05, 0.1) is 28.8 Å². The molecule has 0 spiro atoms. The molecular weight excluding hydrogens is 456 g/mol. The molecule has 0 aliphatic heterocycles. The first kappa shape index (κ1) is 22.0. The fourth-order valence-corrected chi connectivity index (χ4v) is 4.09. The number of hydrogen-bond acceptors (Lipinski definition) is 5. The van der Waals surface area contributed by atoms with Crippen LogP contribution in [0.25, 0.3) is 22.0 Å². The fourth-order valence-electron chi connectivity index (χ4n) is 4.09. The van der Waals surface area contributed by atoms with Crippen LogP contribution in [0.3, 0.4) is 0 Å². The SMILES string of the molecule is O=C(Nc1ccccc1NC(=O)C1CC1)c1n[nH]c2ccc(-c3cncc(NC(=O)C4CC4)c3)cc12. The van der Waals surface area contributed by atoms with E-state index in [-0.39, 0.29) is 29.3 Å². The lowest BCUT2D eigenvalue weighted by Crippen LogP contribution is -2.18. The first-order valence-corrected chi connectivity index (χ1v) is 12.0. The number of nitrogens with one attached hydrogen (secondary N) is 4. The third-order valence-corrected chi connectivity index (χ3v) is 6.45. The molecule has 4 aromatic rings. The Morgan fingerprint density at radius 3 is 2.19 bits per heavy atom. The first-order valence-electron chi connectivity index (χ1n) is 12.0. The molecule has 9 nitrogen and oxygen atoms in total. The minimum Gasteiger partial charge on any atom is -0.324 e. The van der Waals surface area contributed by atoms with Crippen molar-refractivity contribution >= 4 is 45.7 Å². The van der Waals surface area contributed by atoms with Crippen LogP contribution in [0.2, 0.25) is 0 Å². The molecular formula is C27H24N6O3. The number of anilines is 3. The lowest BCUT2D eigenvalue weighted by molar-refractivity contribution is -0.118. The van der Waals surface area contributed by atoms with Crippen molar-refractivity contribution in [3.05, 3.63) is 66.6 Å². The van der Waals surface area contributed by atoms with Gasteiger partial charge in [0, 0.05) is 29.0 Å². The number of fused-ring (bicyclic) bond motifs is 1. The molecule has 0 unspecified atom stereocenters. The molecule has 4 N–H and O–H groups in total. The number of H-pyrrole nitrogens is 1. The highest BCUT2D eigenvalue weighted by molar-refractivity contribution is 6.13. The van der Waals surface area contributed by atoms with Crippen molar-refractivity contribution in [3.8, 4) is 11.1 Å². The van der Waals surface area contributed by atoms with E-state index in [0.29, 0.717) is 28.0 Å². The molecule has 2 saturated carbocycles. The molecule has 9 heteroatoms. The Kier molecular flexibility index (Phi) is 5.44. The topological polar surface area (TPSA) is 129 Å². The van der Waals surface area contributed by atoms with Gasteiger partial charge < -0.3 is 16.0 Å². The van der Waals surface area contributed by atoms with Crippen LogP contribution < -0.4 is 16.0 Å². The number of para-hydroxylation sites is 2. The molecule has 2 aromatic carbocycles. The summed E-state index contributed by atoms with van der Waals surface area (Å²) in [4.78, 5) is 41.8. The minimum absolute atomic E-state index is 0.0202. The quantitative estimate of drug-likeness (QED) is 0.308. The zero-order valence-electron chi connectivity index (χ0n) is 19.4. The van der Waals surface area contributed by atoms with Gasteiger partial charge in [-0.2, -0.15) is 5.10 Å². The van der Waals surface area contributed by atoms with Crippen molar-refractivity contribution in [2.24, 2.45) is 11.8 Å². The average Bonchev–Trinajstić information content (AvgIpc) is 3.81. The zero-order valence-corrected chi connectivity index (χ0v) is 19.4. The maximum atomic E-state index is 13.2. The maximum Gasteiger partial charge on any atom is 0.276 e. The predicted octanol–water partition coefficient (Wildman–Crippen LogP) is 4.57. The summed E-state index contributed by atoms with van der Waals surface area (Å²) in [5.41, 5.74) is 4.30. The molecule has 6 rings (SSSR count). The molecule has 2 aliphatic rings. The van der Waals surface area contributed by atoms with E-state index in [1.165, 1.54) is 0 Å². The van der Waals surface area contributed by atoms with Crippen molar-refractivity contribution in [2.75, 3.05) is 16.0 Å². The number of rotatable bonds is 7. The van der Waals surface area contributed by atoms with E-state index in [4.69, 9.17) is 0 Å². The second kappa shape index (κ2) is 8.92. The van der Waals surface area contributed by atoms with E-state index in [9.17, 15) is 14.4 Å². The highest BCUT2D eigenvalue weighted by Crippen LogP contribution is 2.33. The largest absolute Gasteiger partial charge is 0.324 e. The molecule has 2 fully saturated rings. The van der Waals surface area contributed by atoms with Gasteiger partial charge in [0.1, 0.15) is 0 Å². The molecule has 0 saturated heterocycles. The van der Waals surface area contributed by atoms with E-state index in [1.807, 2.05) is 30.3 Å². The number of nitrogens with zero attached hydrogens (tertiary/aromatic N) is 2. The third-order valence-electron chi connectivity index (χ3n) is 6.45. The average molecular weight is 481 g/mol. The smallest absolute Gasteiger partial charge is 0.276 e. The van der Waals surface area contributed by atoms with E-state index >= 15 is 0 Å². The first-order chi connectivity index (χ1) is 17.5. The van der Waals surface area contributed by atoms with Gasteiger partial charge in [0.2, 0.25) is 11.8 Å². The molecule has 0 atom stereocenters. The van der Waals surface area contributed by atoms with Gasteiger partial charge >= 0.3 is 0 Å². The molecule has 3 amide bonds. The number of pyridine rings is 1. The number of hydrogen-bond donors (Lipinski definition) is 4. The van der Waals surface area contributed by atoms with Crippen LogP contribution in [-0.4, -0.2) is 32.9 Å². The lowest BCUT2D eigenvalue weighted by atomic mass is 10.0. The number of aromatic nitrogens is 3. The fraction of sp³-hybridized carbons (Fsp3) is 0.222. The second-order valence-electron chi connectivity index (χ2n) is 9.32. The van der Waals surface area contributed by atoms with Gasteiger partial charge in [-0.25, -0.2) is 0 Å². The van der Waals surface area contributed by atoms with E-state index < -0.39 is 5.91 Å². The Hall–Kier alpha value is -4.53. The van der Waals surface area contributed by atoms with Crippen molar-refractivity contribution in [2.45, 2.75) is 25.7 Å². The third kappa shape index (κ3) is 4.55. The summed E-state index contributed by atoms with van der Waals surface area (Å²) < 4.78 is 0. The predicted molar refractivity (Wildman–Crippen MR) is 136 cm³/mol. The van der Waals surface area contributed by atoms with Crippen LogP contribution in [0.1, 0.15) is 36.2 Å². The number of amides is 3. The Bertz CT molecular complexity index is 1500. The standard InChI is InChI=1S/C27H24N6O3/c34-25(15-5-6-15)29-19-11-18(13-28-14-19)17-9-10-21-20(12-17)24(33-32-21)27(36)31-23-4-2-1-3-22(23)30-26(35)16-7-8-16/h1-4,9-16H,5-8H2,(H,29,34)(H,30,35)(H,31,36)(H,32,33). The summed E-state index contributed by atoms with van der Waals surface area (Å²) in [7, 11) is 0. The van der Waals surface area contributed by atoms with E-state index in [2.05, 4.69) is 31.1 Å². The summed E-state index contributed by atoms with van der Waals surface area (Å²) >= 11 is 0. The summed E-state index contributed by atoms with van der Waals surface area (Å²) in [6.45, 7) is 0. The number of benzene rings is 2. The maximum absolute atomic E-state index is 13.2. The van der Waals surface area contributed by atoms with Gasteiger partial charge in [-0.1, -0.05) is 18.2 Å². The normalized spacial score (nSPS) is 14.9. The van der Waals surface area contributed by atoms with Gasteiger partial charge in [-0.15, -0.1) is 0 Å². The van der Waals surface area contributed by atoms with Gasteiger partial charge in [0.15, 0.2) is 5.69 Å². The molecule has 0 bridgehead atoms. The Labute approximate surface area is 206 Å². The number of aromatic amines is 1.